The van der Waals surface area contributed by atoms with E-state index < -0.39 is 0 Å². The van der Waals surface area contributed by atoms with Crippen LogP contribution in [0, 0.1) is 0 Å². The van der Waals surface area contributed by atoms with Gasteiger partial charge in [0.25, 0.3) is 0 Å². The van der Waals surface area contributed by atoms with Crippen LogP contribution in [-0.2, 0) is 4.79 Å². The van der Waals surface area contributed by atoms with Gasteiger partial charge in [-0.3, -0.25) is 4.79 Å². The van der Waals surface area contributed by atoms with Gasteiger partial charge in [0.05, 0.1) is 0 Å². The summed E-state index contributed by atoms with van der Waals surface area (Å²) in [6, 6.07) is 8.09. The molecule has 0 radical (unpaired) electrons. The first-order valence-corrected chi connectivity index (χ1v) is 7.41. The maximum absolute atomic E-state index is 11.3. The quantitative estimate of drug-likeness (QED) is 0.888. The van der Waals surface area contributed by atoms with E-state index in [4.69, 9.17) is 0 Å². The molecule has 1 amide bonds. The molecule has 1 aliphatic rings. The highest BCUT2D eigenvalue weighted by molar-refractivity contribution is 5.73. The Labute approximate surface area is 120 Å². The number of hydrogen-bond acceptors (Lipinski definition) is 3. The third-order valence-electron chi connectivity index (χ3n) is 4.10. The minimum atomic E-state index is 0.163. The minimum absolute atomic E-state index is 0.163. The van der Waals surface area contributed by atoms with Crippen molar-refractivity contribution in [2.45, 2.75) is 45.2 Å². The number of nitrogens with zero attached hydrogens (tertiary/aromatic N) is 1. The molecule has 1 aliphatic heterocycles. The Morgan fingerprint density at radius 3 is 2.60 bits per heavy atom. The van der Waals surface area contributed by atoms with Crippen molar-refractivity contribution in [3.05, 3.63) is 29.8 Å². The summed E-state index contributed by atoms with van der Waals surface area (Å²) in [7, 11) is 0. The zero-order valence-corrected chi connectivity index (χ0v) is 12.3. The molecule has 1 aromatic rings. The van der Waals surface area contributed by atoms with Crippen LogP contribution in [0.3, 0.4) is 0 Å². The number of para-hydroxylation sites is 1. The molecule has 1 atom stereocenters. The minimum Gasteiger partial charge on any atom is -0.508 e. The van der Waals surface area contributed by atoms with Gasteiger partial charge >= 0.3 is 0 Å². The van der Waals surface area contributed by atoms with Gasteiger partial charge in [-0.15, -0.1) is 0 Å². The highest BCUT2D eigenvalue weighted by atomic mass is 16.3. The number of phenolic OH excluding ortho intramolecular Hbond substituents is 1. The van der Waals surface area contributed by atoms with Gasteiger partial charge in [-0.25, -0.2) is 0 Å². The monoisotopic (exact) mass is 276 g/mol. The van der Waals surface area contributed by atoms with Gasteiger partial charge in [-0.2, -0.15) is 0 Å². The van der Waals surface area contributed by atoms with Crippen molar-refractivity contribution in [3.63, 3.8) is 0 Å². The normalized spacial score (nSPS) is 18.0. The number of carbonyl (C=O) groups excluding carboxylic acids is 1. The van der Waals surface area contributed by atoms with Crippen molar-refractivity contribution in [2.75, 3.05) is 13.1 Å². The average Bonchev–Trinajstić information content (AvgIpc) is 2.46. The zero-order valence-electron chi connectivity index (χ0n) is 12.3. The topological polar surface area (TPSA) is 52.6 Å². The van der Waals surface area contributed by atoms with E-state index in [-0.39, 0.29) is 11.9 Å². The summed E-state index contributed by atoms with van der Waals surface area (Å²) in [4.78, 5) is 13.2. The van der Waals surface area contributed by atoms with Crippen LogP contribution in [0.2, 0.25) is 0 Å². The lowest BCUT2D eigenvalue weighted by molar-refractivity contribution is -0.129. The largest absolute Gasteiger partial charge is 0.508 e. The molecule has 1 saturated heterocycles. The van der Waals surface area contributed by atoms with Crippen molar-refractivity contribution in [3.8, 4) is 5.75 Å². The molecule has 1 aromatic carbocycles. The number of benzene rings is 1. The summed E-state index contributed by atoms with van der Waals surface area (Å²) in [5, 5.41) is 13.6. The van der Waals surface area contributed by atoms with Crippen LogP contribution in [0.1, 0.15) is 44.7 Å². The molecule has 0 bridgehead atoms. The summed E-state index contributed by atoms with van der Waals surface area (Å²) < 4.78 is 0. The summed E-state index contributed by atoms with van der Waals surface area (Å²) >= 11 is 0. The number of rotatable bonds is 4. The van der Waals surface area contributed by atoms with Crippen LogP contribution >= 0.6 is 0 Å². The maximum Gasteiger partial charge on any atom is 0.219 e. The molecule has 0 aromatic heterocycles. The van der Waals surface area contributed by atoms with E-state index in [1.54, 1.807) is 13.0 Å². The summed E-state index contributed by atoms with van der Waals surface area (Å²) in [6.45, 7) is 5.40. The van der Waals surface area contributed by atoms with Gasteiger partial charge in [-0.05, 0) is 25.3 Å². The molecule has 1 heterocycles. The Kier molecular flexibility index (Phi) is 5.01. The molecule has 110 valence electrons. The van der Waals surface area contributed by atoms with Crippen molar-refractivity contribution in [1.82, 2.24) is 10.2 Å². The molecular formula is C16H24N2O2. The van der Waals surface area contributed by atoms with Gasteiger partial charge in [0.2, 0.25) is 5.91 Å². The highest BCUT2D eigenvalue weighted by Crippen LogP contribution is 2.27. The maximum atomic E-state index is 11.3. The smallest absolute Gasteiger partial charge is 0.219 e. The number of carbonyl (C=O) groups is 1. The van der Waals surface area contributed by atoms with E-state index in [0.717, 1.165) is 37.9 Å². The molecular weight excluding hydrogens is 252 g/mol. The third-order valence-corrected chi connectivity index (χ3v) is 4.10. The van der Waals surface area contributed by atoms with Crippen molar-refractivity contribution < 1.29 is 9.90 Å². The van der Waals surface area contributed by atoms with E-state index in [0.29, 0.717) is 11.8 Å². The number of likely N-dealkylation sites (tertiary alicyclic amines) is 1. The highest BCUT2D eigenvalue weighted by Gasteiger charge is 2.23. The summed E-state index contributed by atoms with van der Waals surface area (Å²) in [6.07, 6.45) is 2.89. The van der Waals surface area contributed by atoms with Crippen molar-refractivity contribution in [1.29, 1.82) is 0 Å². The first kappa shape index (κ1) is 14.9. The number of amides is 1. The van der Waals surface area contributed by atoms with Crippen molar-refractivity contribution in [2.24, 2.45) is 0 Å². The average molecular weight is 276 g/mol. The molecule has 4 heteroatoms. The molecule has 1 fully saturated rings. The SMILES string of the molecule is CCC(NC1CCN(C(C)=O)CC1)c1ccccc1O. The van der Waals surface area contributed by atoms with E-state index in [9.17, 15) is 9.90 Å². The molecule has 1 unspecified atom stereocenters. The summed E-state index contributed by atoms with van der Waals surface area (Å²) in [5.74, 6) is 0.518. The lowest BCUT2D eigenvalue weighted by Crippen LogP contribution is -2.45. The Morgan fingerprint density at radius 1 is 1.40 bits per heavy atom. The van der Waals surface area contributed by atoms with Gasteiger partial charge in [0.15, 0.2) is 0 Å². The fourth-order valence-corrected chi connectivity index (χ4v) is 2.86. The molecule has 4 nitrogen and oxygen atoms in total. The van der Waals surface area contributed by atoms with Crippen LogP contribution in [0.15, 0.2) is 24.3 Å². The van der Waals surface area contributed by atoms with Gasteiger partial charge in [0.1, 0.15) is 5.75 Å². The first-order chi connectivity index (χ1) is 9.61. The Bertz CT molecular complexity index is 454. The van der Waals surface area contributed by atoms with Gasteiger partial charge in [-0.1, -0.05) is 25.1 Å². The Hall–Kier alpha value is -1.55. The standard InChI is InChI=1S/C16H24N2O2/c1-3-15(14-6-4-5-7-16(14)20)17-13-8-10-18(11-9-13)12(2)19/h4-7,13,15,17,20H,3,8-11H2,1-2H3. The zero-order chi connectivity index (χ0) is 14.5. The van der Waals surface area contributed by atoms with E-state index in [1.807, 2.05) is 23.1 Å². The van der Waals surface area contributed by atoms with Crippen LogP contribution < -0.4 is 5.32 Å². The molecule has 0 aliphatic carbocycles. The molecule has 0 spiro atoms. The second kappa shape index (κ2) is 6.75. The number of hydrogen-bond donors (Lipinski definition) is 2. The fourth-order valence-electron chi connectivity index (χ4n) is 2.86. The summed E-state index contributed by atoms with van der Waals surface area (Å²) in [5.41, 5.74) is 0.962. The molecule has 20 heavy (non-hydrogen) atoms. The number of phenols is 1. The third kappa shape index (κ3) is 3.51. The second-order valence-corrected chi connectivity index (χ2v) is 5.47. The number of aromatic hydroxyl groups is 1. The lowest BCUT2D eigenvalue weighted by atomic mass is 9.98. The van der Waals surface area contributed by atoms with Gasteiger partial charge < -0.3 is 15.3 Å². The van der Waals surface area contributed by atoms with Crippen LogP contribution in [0.4, 0.5) is 0 Å². The van der Waals surface area contributed by atoms with Crippen LogP contribution in [-0.4, -0.2) is 35.0 Å². The van der Waals surface area contributed by atoms with E-state index in [2.05, 4.69) is 12.2 Å². The molecule has 2 N–H and O–H groups in total. The lowest BCUT2D eigenvalue weighted by Gasteiger charge is -2.34. The van der Waals surface area contributed by atoms with Gasteiger partial charge in [0, 0.05) is 37.7 Å². The Morgan fingerprint density at radius 2 is 2.05 bits per heavy atom. The predicted molar refractivity (Wildman–Crippen MR) is 79.6 cm³/mol. The van der Waals surface area contributed by atoms with Crippen LogP contribution in [0.5, 0.6) is 5.75 Å². The van der Waals surface area contributed by atoms with Crippen LogP contribution in [0.25, 0.3) is 0 Å². The Balaban J connectivity index is 1.95. The second-order valence-electron chi connectivity index (χ2n) is 5.47. The number of nitrogens with one attached hydrogen (secondary N) is 1. The molecule has 0 saturated carbocycles. The van der Waals surface area contributed by atoms with E-state index in [1.165, 1.54) is 0 Å². The fraction of sp³-hybridized carbons (Fsp3) is 0.562. The first-order valence-electron chi connectivity index (χ1n) is 7.41. The van der Waals surface area contributed by atoms with Crippen molar-refractivity contribution >= 4 is 5.91 Å². The van der Waals surface area contributed by atoms with E-state index >= 15 is 0 Å². The predicted octanol–water partition coefficient (Wildman–Crippen LogP) is 2.44. The molecule has 2 rings (SSSR count). The number of piperidine rings is 1.